The van der Waals surface area contributed by atoms with Crippen molar-refractivity contribution >= 4 is 17.8 Å². The van der Waals surface area contributed by atoms with Gasteiger partial charge in [0.15, 0.2) is 6.10 Å². The number of aliphatic hydroxyl groups is 3. The van der Waals surface area contributed by atoms with Crippen LogP contribution in [0.15, 0.2) is 60.7 Å². The van der Waals surface area contributed by atoms with E-state index in [0.29, 0.717) is 17.4 Å². The zero-order valence-corrected chi connectivity index (χ0v) is 24.0. The lowest BCUT2D eigenvalue weighted by molar-refractivity contribution is -0.288. The third-order valence-electron chi connectivity index (χ3n) is 8.23. The largest absolute Gasteiger partial charge is 0.459 e. The van der Waals surface area contributed by atoms with Crippen LogP contribution in [-0.2, 0) is 41.6 Å². The van der Waals surface area contributed by atoms with Gasteiger partial charge in [-0.1, -0.05) is 74.5 Å². The van der Waals surface area contributed by atoms with Crippen LogP contribution < -0.4 is 5.32 Å². The molecule has 1 saturated carbocycles. The molecule has 4 rings (SSSR count). The van der Waals surface area contributed by atoms with Crippen LogP contribution in [0, 0.1) is 17.8 Å². The molecule has 2 aliphatic rings. The van der Waals surface area contributed by atoms with Crippen molar-refractivity contribution < 1.29 is 43.9 Å². The van der Waals surface area contributed by atoms with Gasteiger partial charge in [0.2, 0.25) is 12.2 Å². The highest BCUT2D eigenvalue weighted by molar-refractivity contribution is 5.86. The molecular weight excluding hydrogens is 542 g/mol. The first-order chi connectivity index (χ1) is 20.1. The Balaban J connectivity index is 1.43. The van der Waals surface area contributed by atoms with Crippen molar-refractivity contribution in [3.8, 4) is 0 Å². The first kappa shape index (κ1) is 31.6. The summed E-state index contributed by atoms with van der Waals surface area (Å²) >= 11 is 0. The number of amides is 1. The Hall–Kier alpha value is -3.31. The summed E-state index contributed by atoms with van der Waals surface area (Å²) < 4.78 is 16.1. The van der Waals surface area contributed by atoms with Gasteiger partial charge in [0.1, 0.15) is 31.0 Å². The van der Waals surface area contributed by atoms with Crippen LogP contribution in [0.1, 0.15) is 50.7 Å². The Morgan fingerprint density at radius 3 is 2.05 bits per heavy atom. The molecule has 10 heteroatoms. The summed E-state index contributed by atoms with van der Waals surface area (Å²) in [6.45, 7) is 4.25. The molecular formula is C32H41NO9. The Bertz CT molecular complexity index is 1170. The van der Waals surface area contributed by atoms with Crippen molar-refractivity contribution in [3.63, 3.8) is 0 Å². The highest BCUT2D eigenvalue weighted by atomic mass is 16.7. The quantitative estimate of drug-likeness (QED) is 0.309. The molecule has 1 amide bonds. The molecule has 1 saturated heterocycles. The summed E-state index contributed by atoms with van der Waals surface area (Å²) in [5.74, 6) is -1.28. The topological polar surface area (TPSA) is 152 Å². The van der Waals surface area contributed by atoms with E-state index in [0.717, 1.165) is 31.2 Å². The zero-order chi connectivity index (χ0) is 30.2. The number of carbonyl (C=O) groups excluding carboxylic acids is 3. The van der Waals surface area contributed by atoms with Gasteiger partial charge in [0.05, 0.1) is 0 Å². The summed E-state index contributed by atoms with van der Waals surface area (Å²) in [5.41, 5.74) is 1.46. The highest BCUT2D eigenvalue weighted by Gasteiger charge is 2.49. The zero-order valence-electron chi connectivity index (χ0n) is 24.0. The average Bonchev–Trinajstić information content (AvgIpc) is 3.00. The van der Waals surface area contributed by atoms with Gasteiger partial charge in [-0.25, -0.2) is 9.59 Å². The molecule has 0 aromatic heterocycles. The van der Waals surface area contributed by atoms with Gasteiger partial charge < -0.3 is 34.8 Å². The molecule has 2 aromatic rings. The minimum atomic E-state index is -1.86. The van der Waals surface area contributed by atoms with Gasteiger partial charge in [-0.3, -0.25) is 4.79 Å². The van der Waals surface area contributed by atoms with Gasteiger partial charge in [-0.05, 0) is 48.6 Å². The van der Waals surface area contributed by atoms with E-state index in [-0.39, 0.29) is 24.9 Å². The van der Waals surface area contributed by atoms with E-state index in [2.05, 4.69) is 19.2 Å². The number of carbonyl (C=O) groups is 3. The molecule has 1 heterocycles. The monoisotopic (exact) mass is 583 g/mol. The van der Waals surface area contributed by atoms with Crippen LogP contribution in [-0.4, -0.2) is 69.9 Å². The van der Waals surface area contributed by atoms with Gasteiger partial charge in [0, 0.05) is 12.3 Å². The number of hydrogen-bond donors (Lipinski definition) is 4. The second-order valence-corrected chi connectivity index (χ2v) is 11.5. The molecule has 0 bridgehead atoms. The molecule has 1 aliphatic heterocycles. The molecule has 6 atom stereocenters. The molecule has 2 aromatic carbocycles. The van der Waals surface area contributed by atoms with Gasteiger partial charge in [-0.15, -0.1) is 0 Å². The third kappa shape index (κ3) is 8.16. The maximum Gasteiger partial charge on any atom is 0.338 e. The smallest absolute Gasteiger partial charge is 0.338 e. The van der Waals surface area contributed by atoms with E-state index >= 15 is 0 Å². The Morgan fingerprint density at radius 2 is 1.45 bits per heavy atom. The van der Waals surface area contributed by atoms with Crippen molar-refractivity contribution in [2.24, 2.45) is 17.8 Å². The van der Waals surface area contributed by atoms with Gasteiger partial charge >= 0.3 is 11.9 Å². The van der Waals surface area contributed by atoms with E-state index in [4.69, 9.17) is 14.2 Å². The molecule has 2 fully saturated rings. The summed E-state index contributed by atoms with van der Waals surface area (Å²) in [7, 11) is 0. The number of hydrogen-bond acceptors (Lipinski definition) is 9. The summed E-state index contributed by atoms with van der Waals surface area (Å²) in [6, 6.07) is 16.8. The Labute approximate surface area is 246 Å². The number of ether oxygens (including phenoxy) is 3. The molecule has 42 heavy (non-hydrogen) atoms. The number of aliphatic hydroxyl groups excluding tert-OH is 3. The Kier molecular flexibility index (Phi) is 11.1. The van der Waals surface area contributed by atoms with E-state index in [1.165, 1.54) is 0 Å². The lowest BCUT2D eigenvalue weighted by Crippen LogP contribution is -2.61. The van der Waals surface area contributed by atoms with Crippen LogP contribution in [0.5, 0.6) is 0 Å². The first-order valence-corrected chi connectivity index (χ1v) is 14.6. The average molecular weight is 584 g/mol. The van der Waals surface area contributed by atoms with Gasteiger partial charge in [-0.2, -0.15) is 0 Å². The van der Waals surface area contributed by atoms with Crippen molar-refractivity contribution in [1.29, 1.82) is 0 Å². The minimum absolute atomic E-state index is 0.111. The van der Waals surface area contributed by atoms with Crippen LogP contribution in [0.25, 0.3) is 0 Å². The van der Waals surface area contributed by atoms with Crippen LogP contribution in [0.2, 0.25) is 0 Å². The predicted molar refractivity (Wildman–Crippen MR) is 151 cm³/mol. The van der Waals surface area contributed by atoms with Crippen molar-refractivity contribution in [1.82, 2.24) is 5.32 Å². The lowest BCUT2D eigenvalue weighted by atomic mass is 9.76. The second-order valence-electron chi connectivity index (χ2n) is 11.5. The fourth-order valence-corrected chi connectivity index (χ4v) is 5.53. The molecule has 0 radical (unpaired) electrons. The molecule has 0 spiro atoms. The van der Waals surface area contributed by atoms with E-state index in [9.17, 15) is 29.7 Å². The van der Waals surface area contributed by atoms with Crippen LogP contribution in [0.4, 0.5) is 0 Å². The number of nitrogens with one attached hydrogen (secondary N) is 1. The maximum absolute atomic E-state index is 13.4. The minimum Gasteiger partial charge on any atom is -0.459 e. The number of benzene rings is 2. The lowest BCUT2D eigenvalue weighted by Gasteiger charge is -2.39. The van der Waals surface area contributed by atoms with E-state index < -0.39 is 48.7 Å². The normalized spacial score (nSPS) is 28.5. The molecule has 228 valence electrons. The SMILES string of the molecule is CC(C)C1CCC(C(=O)N[C@@H](Cc2ccccc2)C(=O)O[C@@H]2OC(C(=O)OCc3ccccc3)[C@@H](O)C(O)[C@@H]2O)CC1. The maximum atomic E-state index is 13.4. The predicted octanol–water partition coefficient (Wildman–Crippen LogP) is 2.27. The fourth-order valence-electron chi connectivity index (χ4n) is 5.53. The summed E-state index contributed by atoms with van der Waals surface area (Å²) in [4.78, 5) is 39.4. The number of rotatable bonds is 10. The number of esters is 2. The van der Waals surface area contributed by atoms with E-state index in [1.54, 1.807) is 30.3 Å². The first-order valence-electron chi connectivity index (χ1n) is 14.6. The Morgan fingerprint density at radius 1 is 0.857 bits per heavy atom. The molecule has 4 N–H and O–H groups in total. The van der Waals surface area contributed by atoms with Gasteiger partial charge in [0.25, 0.3) is 0 Å². The molecule has 1 aliphatic carbocycles. The van der Waals surface area contributed by atoms with Crippen LogP contribution in [0.3, 0.4) is 0 Å². The summed E-state index contributed by atoms with van der Waals surface area (Å²) in [5, 5.41) is 34.2. The standard InChI is InChI=1S/C32H41NO9/c1-19(2)22-13-15-23(16-14-22)29(37)33-24(17-20-9-5-3-6-10-20)30(38)42-32-27(36)25(34)26(35)28(41-32)31(39)40-18-21-11-7-4-8-12-21/h3-12,19,22-28,32,34-36H,13-18H2,1-2H3,(H,33,37)/t22?,23?,24-,25?,26-,27-,28?,32-/m0/s1. The van der Waals surface area contributed by atoms with Crippen LogP contribution >= 0.6 is 0 Å². The van der Waals surface area contributed by atoms with Crippen molar-refractivity contribution in [2.75, 3.05) is 0 Å². The van der Waals surface area contributed by atoms with E-state index in [1.807, 2.05) is 30.3 Å². The third-order valence-corrected chi connectivity index (χ3v) is 8.23. The van der Waals surface area contributed by atoms with Crippen molar-refractivity contribution in [2.45, 2.75) is 89.3 Å². The summed E-state index contributed by atoms with van der Waals surface area (Å²) in [6.07, 6.45) is -5.59. The molecule has 2 unspecified atom stereocenters. The molecule has 10 nitrogen and oxygen atoms in total. The highest BCUT2D eigenvalue weighted by Crippen LogP contribution is 2.33. The second kappa shape index (κ2) is 14.7. The van der Waals surface area contributed by atoms with Crippen molar-refractivity contribution in [3.05, 3.63) is 71.8 Å². The fraction of sp³-hybridized carbons (Fsp3) is 0.531.